The third-order valence-corrected chi connectivity index (χ3v) is 5.75. The van der Waals surface area contributed by atoms with Crippen molar-refractivity contribution in [2.24, 2.45) is 7.05 Å². The Morgan fingerprint density at radius 2 is 1.87 bits per heavy atom. The van der Waals surface area contributed by atoms with Gasteiger partial charge in [-0.2, -0.15) is 5.10 Å². The maximum absolute atomic E-state index is 13.2. The maximum atomic E-state index is 13.2. The second-order valence-electron chi connectivity index (χ2n) is 8.00. The average molecular weight is 408 g/mol. The highest BCUT2D eigenvalue weighted by atomic mass is 16.5. The Labute approximate surface area is 177 Å². The van der Waals surface area contributed by atoms with Crippen LogP contribution in [0.5, 0.6) is 0 Å². The summed E-state index contributed by atoms with van der Waals surface area (Å²) in [4.78, 5) is 20.2. The molecule has 0 saturated carbocycles. The molecule has 1 saturated heterocycles. The molecule has 1 aromatic carbocycles. The van der Waals surface area contributed by atoms with Crippen LogP contribution in [0.3, 0.4) is 0 Å². The van der Waals surface area contributed by atoms with Gasteiger partial charge in [0.2, 0.25) is 0 Å². The smallest absolute Gasteiger partial charge is 0.252 e. The summed E-state index contributed by atoms with van der Waals surface area (Å²) < 4.78 is 7.26. The summed E-state index contributed by atoms with van der Waals surface area (Å²) in [7, 11) is 1.86. The number of pyridine rings is 1. The molecule has 30 heavy (non-hydrogen) atoms. The van der Waals surface area contributed by atoms with E-state index in [9.17, 15) is 4.79 Å². The number of ether oxygens (including phenoxy) is 1. The van der Waals surface area contributed by atoms with E-state index in [0.29, 0.717) is 12.1 Å². The van der Waals surface area contributed by atoms with E-state index in [2.05, 4.69) is 51.5 Å². The van der Waals surface area contributed by atoms with Gasteiger partial charge >= 0.3 is 0 Å². The first-order chi connectivity index (χ1) is 14.4. The van der Waals surface area contributed by atoms with E-state index in [-0.39, 0.29) is 11.9 Å². The quantitative estimate of drug-likeness (QED) is 0.704. The van der Waals surface area contributed by atoms with Crippen LogP contribution >= 0.6 is 0 Å². The van der Waals surface area contributed by atoms with E-state index in [0.717, 1.165) is 48.7 Å². The highest BCUT2D eigenvalue weighted by molar-refractivity contribution is 6.06. The first kappa shape index (κ1) is 20.5. The molecule has 4 rings (SSSR count). The first-order valence-electron chi connectivity index (χ1n) is 10.4. The molecule has 3 aromatic rings. The number of rotatable bonds is 5. The van der Waals surface area contributed by atoms with E-state index in [1.165, 1.54) is 11.1 Å². The van der Waals surface area contributed by atoms with Crippen molar-refractivity contribution < 1.29 is 9.53 Å². The summed E-state index contributed by atoms with van der Waals surface area (Å²) in [5.74, 6) is -0.0908. The van der Waals surface area contributed by atoms with E-state index in [1.54, 1.807) is 4.68 Å². The van der Waals surface area contributed by atoms with Crippen LogP contribution in [-0.4, -0.2) is 58.4 Å². The zero-order valence-corrected chi connectivity index (χ0v) is 18.1. The van der Waals surface area contributed by atoms with Gasteiger partial charge in [-0.15, -0.1) is 0 Å². The molecule has 1 atom stereocenters. The molecule has 1 unspecified atom stereocenters. The number of fused-ring (bicyclic) bond motifs is 1. The Balaban J connectivity index is 1.60. The van der Waals surface area contributed by atoms with Gasteiger partial charge in [0.1, 0.15) is 0 Å². The lowest BCUT2D eigenvalue weighted by molar-refractivity contribution is 0.0162. The minimum atomic E-state index is -0.0908. The molecule has 1 amide bonds. The lowest BCUT2D eigenvalue weighted by Crippen LogP contribution is -2.43. The monoisotopic (exact) mass is 407 g/mol. The third-order valence-electron chi connectivity index (χ3n) is 5.75. The standard InChI is InChI=1S/C23H29N5O2/c1-15-5-7-18(8-6-15)20(28-9-11-30-12-10-28)14-24-23(29)19-13-16(2)25-22-21(19)17(3)26-27(22)4/h5-8,13,20H,9-12,14H2,1-4H3,(H,24,29). The van der Waals surface area contributed by atoms with Gasteiger partial charge in [0.05, 0.1) is 35.9 Å². The second kappa shape index (κ2) is 8.53. The normalized spacial score (nSPS) is 16.0. The second-order valence-corrected chi connectivity index (χ2v) is 8.00. The van der Waals surface area contributed by atoms with Crippen LogP contribution in [0.2, 0.25) is 0 Å². The molecule has 2 aromatic heterocycles. The van der Waals surface area contributed by atoms with Crippen molar-refractivity contribution in [3.63, 3.8) is 0 Å². The van der Waals surface area contributed by atoms with Gasteiger partial charge in [-0.05, 0) is 32.4 Å². The number of benzene rings is 1. The number of carbonyl (C=O) groups excluding carboxylic acids is 1. The molecule has 1 fully saturated rings. The highest BCUT2D eigenvalue weighted by Crippen LogP contribution is 2.24. The van der Waals surface area contributed by atoms with Gasteiger partial charge in [0.15, 0.2) is 5.65 Å². The predicted octanol–water partition coefficient (Wildman–Crippen LogP) is 2.70. The lowest BCUT2D eigenvalue weighted by atomic mass is 10.0. The van der Waals surface area contributed by atoms with Crippen molar-refractivity contribution in [2.75, 3.05) is 32.8 Å². The summed E-state index contributed by atoms with van der Waals surface area (Å²) >= 11 is 0. The number of carbonyl (C=O) groups is 1. The van der Waals surface area contributed by atoms with Crippen LogP contribution in [0.25, 0.3) is 11.0 Å². The van der Waals surface area contributed by atoms with E-state index in [4.69, 9.17) is 4.74 Å². The molecule has 0 bridgehead atoms. The lowest BCUT2D eigenvalue weighted by Gasteiger charge is -2.35. The Kier molecular flexibility index (Phi) is 5.83. The summed E-state index contributed by atoms with van der Waals surface area (Å²) in [6.07, 6.45) is 0. The van der Waals surface area contributed by atoms with Crippen LogP contribution in [0.1, 0.15) is 38.9 Å². The van der Waals surface area contributed by atoms with Gasteiger partial charge in [0.25, 0.3) is 5.91 Å². The number of aryl methyl sites for hydroxylation is 4. The topological polar surface area (TPSA) is 72.3 Å². The molecule has 0 aliphatic carbocycles. The van der Waals surface area contributed by atoms with E-state index >= 15 is 0 Å². The molecular weight excluding hydrogens is 378 g/mol. The summed E-state index contributed by atoms with van der Waals surface area (Å²) in [5.41, 5.74) is 5.42. The Bertz CT molecular complexity index is 1050. The number of nitrogens with one attached hydrogen (secondary N) is 1. The summed E-state index contributed by atoms with van der Waals surface area (Å²) in [5, 5.41) is 8.45. The van der Waals surface area contributed by atoms with Crippen molar-refractivity contribution in [3.8, 4) is 0 Å². The van der Waals surface area contributed by atoms with Crippen LogP contribution in [0.15, 0.2) is 30.3 Å². The molecule has 3 heterocycles. The van der Waals surface area contributed by atoms with Gasteiger partial charge in [-0.25, -0.2) is 4.98 Å². The highest BCUT2D eigenvalue weighted by Gasteiger charge is 2.24. The zero-order valence-electron chi connectivity index (χ0n) is 18.1. The fourth-order valence-corrected chi connectivity index (χ4v) is 4.17. The predicted molar refractivity (Wildman–Crippen MR) is 117 cm³/mol. The minimum absolute atomic E-state index is 0.0908. The minimum Gasteiger partial charge on any atom is -0.379 e. The number of nitrogens with zero attached hydrogens (tertiary/aromatic N) is 4. The van der Waals surface area contributed by atoms with Crippen molar-refractivity contribution in [3.05, 3.63) is 58.4 Å². The number of aromatic nitrogens is 3. The molecule has 7 heteroatoms. The molecule has 1 N–H and O–H groups in total. The number of morpholine rings is 1. The van der Waals surface area contributed by atoms with E-state index in [1.807, 2.05) is 27.0 Å². The van der Waals surface area contributed by atoms with Crippen LogP contribution in [0.4, 0.5) is 0 Å². The first-order valence-corrected chi connectivity index (χ1v) is 10.4. The molecule has 0 spiro atoms. The average Bonchev–Trinajstić information content (AvgIpc) is 3.03. The number of amides is 1. The molecule has 0 radical (unpaired) electrons. The fourth-order valence-electron chi connectivity index (χ4n) is 4.17. The molecular formula is C23H29N5O2. The van der Waals surface area contributed by atoms with Crippen LogP contribution in [-0.2, 0) is 11.8 Å². The van der Waals surface area contributed by atoms with Crippen molar-refractivity contribution in [1.82, 2.24) is 25.0 Å². The van der Waals surface area contributed by atoms with Crippen molar-refractivity contribution in [2.45, 2.75) is 26.8 Å². The molecule has 7 nitrogen and oxygen atoms in total. The summed E-state index contributed by atoms with van der Waals surface area (Å²) in [6, 6.07) is 10.5. The van der Waals surface area contributed by atoms with Gasteiger partial charge in [-0.1, -0.05) is 29.8 Å². The maximum Gasteiger partial charge on any atom is 0.252 e. The van der Waals surface area contributed by atoms with Gasteiger partial charge in [-0.3, -0.25) is 14.4 Å². The van der Waals surface area contributed by atoms with Gasteiger partial charge < -0.3 is 10.1 Å². The van der Waals surface area contributed by atoms with E-state index < -0.39 is 0 Å². The number of hydrogen-bond acceptors (Lipinski definition) is 5. The third kappa shape index (κ3) is 4.08. The Hall–Kier alpha value is -2.77. The van der Waals surface area contributed by atoms with Crippen LogP contribution < -0.4 is 5.32 Å². The van der Waals surface area contributed by atoms with Gasteiger partial charge in [0, 0.05) is 32.4 Å². The summed E-state index contributed by atoms with van der Waals surface area (Å²) in [6.45, 7) is 9.58. The SMILES string of the molecule is Cc1ccc(C(CNC(=O)c2cc(C)nc3c2c(C)nn3C)N2CCOCC2)cc1. The number of hydrogen-bond donors (Lipinski definition) is 1. The Morgan fingerprint density at radius 3 is 2.57 bits per heavy atom. The van der Waals surface area contributed by atoms with Crippen molar-refractivity contribution >= 4 is 16.9 Å². The molecule has 158 valence electrons. The Morgan fingerprint density at radius 1 is 1.17 bits per heavy atom. The molecule has 1 aliphatic rings. The zero-order chi connectivity index (χ0) is 21.3. The largest absolute Gasteiger partial charge is 0.379 e. The van der Waals surface area contributed by atoms with Crippen LogP contribution in [0, 0.1) is 20.8 Å². The fraction of sp³-hybridized carbons (Fsp3) is 0.435. The van der Waals surface area contributed by atoms with Crippen molar-refractivity contribution in [1.29, 1.82) is 0 Å². The molecule has 1 aliphatic heterocycles.